The van der Waals surface area contributed by atoms with Crippen molar-refractivity contribution < 1.29 is 4.74 Å². The van der Waals surface area contributed by atoms with Crippen LogP contribution in [0, 0.1) is 5.92 Å². The fourth-order valence-corrected chi connectivity index (χ4v) is 3.35. The predicted octanol–water partition coefficient (Wildman–Crippen LogP) is 4.57. The largest absolute Gasteiger partial charge is 0.378 e. The third-order valence-electron chi connectivity index (χ3n) is 4.28. The molecule has 1 heterocycles. The normalized spacial score (nSPS) is 19.8. The van der Waals surface area contributed by atoms with E-state index in [1.807, 2.05) is 0 Å². The highest BCUT2D eigenvalue weighted by atomic mass is 79.9. The molecule has 1 fully saturated rings. The number of hydrogen-bond donors (Lipinski definition) is 1. The zero-order valence-corrected chi connectivity index (χ0v) is 14.7. The van der Waals surface area contributed by atoms with Gasteiger partial charge in [-0.15, -0.1) is 0 Å². The Kier molecular flexibility index (Phi) is 7.76. The number of rotatable bonds is 9. The maximum atomic E-state index is 5.73. The molecule has 0 aliphatic carbocycles. The van der Waals surface area contributed by atoms with Crippen molar-refractivity contribution in [2.75, 3.05) is 19.7 Å². The molecule has 2 atom stereocenters. The molecular formula is C18H28BrNO. The molecule has 0 spiro atoms. The quantitative estimate of drug-likeness (QED) is 0.702. The van der Waals surface area contributed by atoms with Crippen LogP contribution in [0.25, 0.3) is 0 Å². The molecule has 1 saturated heterocycles. The Bertz CT molecular complexity index is 387. The second-order valence-corrected chi connectivity index (χ2v) is 6.99. The fourth-order valence-electron chi connectivity index (χ4n) is 3.08. The van der Waals surface area contributed by atoms with Gasteiger partial charge in [-0.25, -0.2) is 0 Å². The first-order valence-corrected chi connectivity index (χ1v) is 9.14. The maximum absolute atomic E-state index is 5.73. The molecule has 2 rings (SSSR count). The van der Waals surface area contributed by atoms with Crippen LogP contribution in [0.5, 0.6) is 0 Å². The highest BCUT2D eigenvalue weighted by molar-refractivity contribution is 9.10. The Morgan fingerprint density at radius 1 is 1.33 bits per heavy atom. The lowest BCUT2D eigenvalue weighted by Gasteiger charge is -2.18. The summed E-state index contributed by atoms with van der Waals surface area (Å²) in [4.78, 5) is 0. The molecule has 118 valence electrons. The van der Waals surface area contributed by atoms with E-state index >= 15 is 0 Å². The first-order valence-electron chi connectivity index (χ1n) is 8.34. The van der Waals surface area contributed by atoms with Crippen LogP contribution in [-0.2, 0) is 11.2 Å². The molecule has 2 nitrogen and oxygen atoms in total. The van der Waals surface area contributed by atoms with E-state index in [2.05, 4.69) is 52.4 Å². The number of hydrogen-bond acceptors (Lipinski definition) is 2. The maximum Gasteiger partial charge on any atom is 0.0576 e. The molecule has 0 radical (unpaired) electrons. The van der Waals surface area contributed by atoms with Crippen LogP contribution in [-0.4, -0.2) is 25.8 Å². The molecule has 0 bridgehead atoms. The van der Waals surface area contributed by atoms with Crippen molar-refractivity contribution >= 4 is 15.9 Å². The van der Waals surface area contributed by atoms with Gasteiger partial charge < -0.3 is 10.1 Å². The molecule has 1 aliphatic heterocycles. The lowest BCUT2D eigenvalue weighted by molar-refractivity contribution is 0.101. The Morgan fingerprint density at radius 3 is 2.81 bits per heavy atom. The minimum Gasteiger partial charge on any atom is -0.378 e. The summed E-state index contributed by atoms with van der Waals surface area (Å²) in [5.74, 6) is 0.729. The van der Waals surface area contributed by atoms with Crippen molar-refractivity contribution in [2.45, 2.75) is 51.6 Å². The van der Waals surface area contributed by atoms with Crippen molar-refractivity contribution in [3.05, 3.63) is 34.3 Å². The van der Waals surface area contributed by atoms with Crippen LogP contribution < -0.4 is 5.32 Å². The highest BCUT2D eigenvalue weighted by Gasteiger charge is 2.16. The number of halogens is 1. The van der Waals surface area contributed by atoms with Crippen molar-refractivity contribution in [2.24, 2.45) is 5.92 Å². The first-order chi connectivity index (χ1) is 10.3. The minimum atomic E-state index is 0.539. The van der Waals surface area contributed by atoms with E-state index in [0.717, 1.165) is 30.1 Å². The lowest BCUT2D eigenvalue weighted by Crippen LogP contribution is -2.24. The highest BCUT2D eigenvalue weighted by Crippen LogP contribution is 2.21. The second-order valence-electron chi connectivity index (χ2n) is 6.07. The van der Waals surface area contributed by atoms with Crippen molar-refractivity contribution in [3.8, 4) is 0 Å². The monoisotopic (exact) mass is 353 g/mol. The molecule has 1 aliphatic rings. The molecule has 21 heavy (non-hydrogen) atoms. The number of ether oxygens (including phenoxy) is 1. The number of benzene rings is 1. The molecule has 1 aromatic rings. The molecular weight excluding hydrogens is 326 g/mol. The Morgan fingerprint density at radius 2 is 2.14 bits per heavy atom. The summed E-state index contributed by atoms with van der Waals surface area (Å²) in [5, 5.41) is 3.52. The van der Waals surface area contributed by atoms with Crippen molar-refractivity contribution in [1.29, 1.82) is 0 Å². The first kappa shape index (κ1) is 17.0. The molecule has 0 aromatic heterocycles. The lowest BCUT2D eigenvalue weighted by atomic mass is 9.93. The summed E-state index contributed by atoms with van der Waals surface area (Å²) in [6.07, 6.45) is 8.06. The van der Waals surface area contributed by atoms with E-state index < -0.39 is 0 Å². The summed E-state index contributed by atoms with van der Waals surface area (Å²) >= 11 is 3.51. The van der Waals surface area contributed by atoms with E-state index in [1.54, 1.807) is 0 Å². The summed E-state index contributed by atoms with van der Waals surface area (Å²) < 4.78 is 6.89. The Balaban J connectivity index is 1.77. The molecule has 2 unspecified atom stereocenters. The molecule has 1 aromatic carbocycles. The summed E-state index contributed by atoms with van der Waals surface area (Å²) in [7, 11) is 0. The minimum absolute atomic E-state index is 0.539. The van der Waals surface area contributed by atoms with E-state index in [1.165, 1.54) is 44.1 Å². The fraction of sp³-hybridized carbons (Fsp3) is 0.667. The zero-order chi connectivity index (χ0) is 14.9. The van der Waals surface area contributed by atoms with Gasteiger partial charge in [0.1, 0.15) is 0 Å². The van der Waals surface area contributed by atoms with E-state index in [0.29, 0.717) is 6.10 Å². The summed E-state index contributed by atoms with van der Waals surface area (Å²) in [6.45, 7) is 5.34. The SMILES string of the molecule is CCNCC(CCCC1CCCO1)Cc1ccc(Br)cc1. The van der Waals surface area contributed by atoms with Gasteiger partial charge in [0.2, 0.25) is 0 Å². The molecule has 3 heteroatoms. The van der Waals surface area contributed by atoms with Gasteiger partial charge in [0.15, 0.2) is 0 Å². The third-order valence-corrected chi connectivity index (χ3v) is 4.81. The van der Waals surface area contributed by atoms with Crippen molar-refractivity contribution in [3.63, 3.8) is 0 Å². The van der Waals surface area contributed by atoms with E-state index in [9.17, 15) is 0 Å². The van der Waals surface area contributed by atoms with Gasteiger partial charge in [-0.1, -0.05) is 41.4 Å². The molecule has 0 amide bonds. The van der Waals surface area contributed by atoms with Crippen LogP contribution in [0.3, 0.4) is 0 Å². The zero-order valence-electron chi connectivity index (χ0n) is 13.1. The van der Waals surface area contributed by atoms with E-state index in [4.69, 9.17) is 4.74 Å². The van der Waals surface area contributed by atoms with Crippen LogP contribution >= 0.6 is 15.9 Å². The van der Waals surface area contributed by atoms with Gasteiger partial charge >= 0.3 is 0 Å². The second kappa shape index (κ2) is 9.60. The third kappa shape index (κ3) is 6.50. The van der Waals surface area contributed by atoms with Crippen molar-refractivity contribution in [1.82, 2.24) is 5.32 Å². The van der Waals surface area contributed by atoms with Gasteiger partial charge in [-0.2, -0.15) is 0 Å². The topological polar surface area (TPSA) is 21.3 Å². The average molecular weight is 354 g/mol. The van der Waals surface area contributed by atoms with Gasteiger partial charge in [0.05, 0.1) is 6.10 Å². The summed E-state index contributed by atoms with van der Waals surface area (Å²) in [6, 6.07) is 8.77. The molecule has 0 saturated carbocycles. The standard InChI is InChI=1S/C18H28BrNO/c1-2-20-14-16(5-3-6-18-7-4-12-21-18)13-15-8-10-17(19)11-9-15/h8-11,16,18,20H,2-7,12-14H2,1H3. The van der Waals surface area contributed by atoms with Gasteiger partial charge in [0, 0.05) is 11.1 Å². The van der Waals surface area contributed by atoms with Crippen LogP contribution in [0.4, 0.5) is 0 Å². The molecule has 1 N–H and O–H groups in total. The van der Waals surface area contributed by atoms with Crippen LogP contribution in [0.15, 0.2) is 28.7 Å². The summed E-state index contributed by atoms with van der Waals surface area (Å²) in [5.41, 5.74) is 1.44. The smallest absolute Gasteiger partial charge is 0.0576 e. The van der Waals surface area contributed by atoms with E-state index in [-0.39, 0.29) is 0 Å². The average Bonchev–Trinajstić information content (AvgIpc) is 3.00. The Labute approximate surface area is 137 Å². The Hall–Kier alpha value is -0.380. The van der Waals surface area contributed by atoms with Gasteiger partial charge in [-0.05, 0) is 68.8 Å². The van der Waals surface area contributed by atoms with Crippen LogP contribution in [0.1, 0.15) is 44.6 Å². The van der Waals surface area contributed by atoms with Crippen LogP contribution in [0.2, 0.25) is 0 Å². The number of nitrogens with one attached hydrogen (secondary N) is 1. The van der Waals surface area contributed by atoms with Gasteiger partial charge in [0.25, 0.3) is 0 Å². The predicted molar refractivity (Wildman–Crippen MR) is 92.7 cm³/mol. The van der Waals surface area contributed by atoms with Gasteiger partial charge in [-0.3, -0.25) is 0 Å².